The van der Waals surface area contributed by atoms with Crippen molar-refractivity contribution in [1.82, 2.24) is 18.8 Å². The molecular weight excluding hydrogens is 868 g/mol. The molecule has 6 heteroatoms. The zero-order valence-corrected chi connectivity index (χ0v) is 32.9. The number of aryl methyl sites for hydroxylation is 2. The van der Waals surface area contributed by atoms with E-state index in [4.69, 9.17) is 18.2 Å². The molecule has 272 valence electrons. The monoisotopic (exact) mass is 909 g/mol. The largest absolute Gasteiger partial charge is 2.00 e. The van der Waals surface area contributed by atoms with Crippen LogP contribution in [0.15, 0.2) is 121 Å². The van der Waals surface area contributed by atoms with Crippen LogP contribution in [0, 0.1) is 25.8 Å². The van der Waals surface area contributed by atoms with Crippen molar-refractivity contribution in [2.24, 2.45) is 0 Å². The van der Waals surface area contributed by atoms with Crippen LogP contribution in [0.4, 0.5) is 0 Å². The Morgan fingerprint density at radius 1 is 0.625 bits per heavy atom. The van der Waals surface area contributed by atoms with E-state index < -0.39 is 13.7 Å². The van der Waals surface area contributed by atoms with Gasteiger partial charge in [-0.25, -0.2) is 15.5 Å². The van der Waals surface area contributed by atoms with Gasteiger partial charge >= 0.3 is 21.1 Å². The second-order valence-electron chi connectivity index (χ2n) is 15.4. The molecule has 1 N–H and O–H groups in total. The van der Waals surface area contributed by atoms with Crippen LogP contribution in [0.2, 0.25) is 0 Å². The van der Waals surface area contributed by atoms with Crippen molar-refractivity contribution in [2.75, 3.05) is 0 Å². The van der Waals surface area contributed by atoms with Crippen LogP contribution in [0.25, 0.3) is 99.3 Å². The zero-order chi connectivity index (χ0) is 42.3. The van der Waals surface area contributed by atoms with E-state index in [0.29, 0.717) is 49.8 Å². The first-order valence-corrected chi connectivity index (χ1v) is 18.3. The van der Waals surface area contributed by atoms with Gasteiger partial charge in [-0.15, -0.1) is 29.3 Å². The number of phenols is 1. The summed E-state index contributed by atoms with van der Waals surface area (Å²) in [5.74, 6) is 0.0253. The average Bonchev–Trinajstić information content (AvgIpc) is 3.79. The Morgan fingerprint density at radius 2 is 1.38 bits per heavy atom. The third-order valence-electron chi connectivity index (χ3n) is 11.1. The maximum Gasteiger partial charge on any atom is 2.00 e. The quantitative estimate of drug-likeness (QED) is 0.142. The molecule has 0 saturated heterocycles. The number of hydrogen-bond donors (Lipinski definition) is 1. The fourth-order valence-corrected chi connectivity index (χ4v) is 8.55. The van der Waals surface area contributed by atoms with Crippen LogP contribution in [0.5, 0.6) is 5.75 Å². The molecule has 0 saturated carbocycles. The van der Waals surface area contributed by atoms with Gasteiger partial charge in [0.25, 0.3) is 0 Å². The van der Waals surface area contributed by atoms with E-state index >= 15 is 0 Å². The van der Waals surface area contributed by atoms with Gasteiger partial charge in [-0.05, 0) is 71.5 Å². The van der Waals surface area contributed by atoms with E-state index in [0.717, 1.165) is 43.9 Å². The van der Waals surface area contributed by atoms with Gasteiger partial charge in [0.1, 0.15) is 11.4 Å². The number of hydrogen-bond acceptors (Lipinski definition) is 3. The van der Waals surface area contributed by atoms with Gasteiger partial charge in [0.05, 0.1) is 38.5 Å². The number of pyridine rings is 1. The standard InChI is InChI=1S/C50H36N4O.Pt/c1-28-12-8-13-29(2)42(28)38-22-24-40-47-45(38)52-48-37-19-7-6-18-35(37)36-23-25-41(55)43(46(36)54(47)48)49-51-44-34(20-11-21-39(44)53(40)49)32-16-9-14-30(26-32)31-15-10-17-33(27-31)50(3,4)5;/h6-14,16-25,27,55H,1-5H3;/q-2;+2/i1D3,2D3;. The number of aromatic hydroxyl groups is 1. The number of para-hydroxylation sites is 1. The summed E-state index contributed by atoms with van der Waals surface area (Å²) in [5.41, 5.74) is 9.96. The number of aromatic nitrogens is 4. The molecule has 7 aromatic carbocycles. The number of phenolic OH excluding ortho intramolecular Hbond substituents is 1. The molecule has 5 nitrogen and oxygen atoms in total. The van der Waals surface area contributed by atoms with Crippen LogP contribution in [-0.2, 0) is 26.5 Å². The Bertz CT molecular complexity index is 3600. The summed E-state index contributed by atoms with van der Waals surface area (Å²) < 4.78 is 55.3. The van der Waals surface area contributed by atoms with Gasteiger partial charge in [-0.2, -0.15) is 35.9 Å². The summed E-state index contributed by atoms with van der Waals surface area (Å²) in [4.78, 5) is 10.7. The van der Waals surface area contributed by atoms with E-state index in [1.165, 1.54) is 23.8 Å². The Hall–Kier alpha value is -6.03. The van der Waals surface area contributed by atoms with Crippen LogP contribution in [0.1, 0.15) is 45.7 Å². The first kappa shape index (κ1) is 28.4. The molecule has 0 bridgehead atoms. The molecule has 11 aromatic rings. The minimum absolute atomic E-state index is 0. The van der Waals surface area contributed by atoms with E-state index in [-0.39, 0.29) is 48.9 Å². The molecule has 0 aliphatic rings. The minimum atomic E-state index is -2.63. The normalized spacial score (nSPS) is 14.3. The fourth-order valence-electron chi connectivity index (χ4n) is 8.55. The molecule has 4 heterocycles. The number of imidazole rings is 2. The van der Waals surface area contributed by atoms with Crippen molar-refractivity contribution in [2.45, 2.75) is 39.9 Å². The van der Waals surface area contributed by atoms with Crippen molar-refractivity contribution in [3.05, 3.63) is 150 Å². The molecule has 56 heavy (non-hydrogen) atoms. The van der Waals surface area contributed by atoms with Crippen molar-refractivity contribution in [3.63, 3.8) is 0 Å². The van der Waals surface area contributed by atoms with Crippen molar-refractivity contribution < 1.29 is 34.4 Å². The second kappa shape index (κ2) is 12.2. The number of rotatable bonds is 3. The summed E-state index contributed by atoms with van der Waals surface area (Å²) in [7, 11) is 0. The molecule has 0 radical (unpaired) electrons. The Kier molecular flexibility index (Phi) is 6.20. The third kappa shape index (κ3) is 4.77. The minimum Gasteiger partial charge on any atom is -0.507 e. The summed E-state index contributed by atoms with van der Waals surface area (Å²) >= 11 is 0. The second-order valence-corrected chi connectivity index (χ2v) is 15.4. The molecule has 0 unspecified atom stereocenters. The van der Waals surface area contributed by atoms with E-state index in [2.05, 4.69) is 45.0 Å². The number of benzene rings is 7. The maximum absolute atomic E-state index is 12.0. The topological polar surface area (TPSA) is 54.8 Å². The van der Waals surface area contributed by atoms with E-state index in [1.807, 2.05) is 87.7 Å². The van der Waals surface area contributed by atoms with E-state index in [1.54, 1.807) is 12.1 Å². The SMILES string of the molecule is [2H]C([2H])([2H])c1cccc(C([2H])([2H])[2H])c1-c1ccc2c3c1nc1c4ccccc4c4ccc(O)c(c5nc6c(-c7[c-]c(-c8[c-]ccc(C(C)(C)C)c8)ccc7)cccc6n25)c4n13.[Pt+2]. The van der Waals surface area contributed by atoms with Crippen molar-refractivity contribution in [1.29, 1.82) is 0 Å². The Balaban J connectivity index is 0.00000458. The molecule has 11 rings (SSSR count). The third-order valence-corrected chi connectivity index (χ3v) is 11.1. The summed E-state index contributed by atoms with van der Waals surface area (Å²) in [5, 5.41) is 15.1. The molecule has 0 atom stereocenters. The van der Waals surface area contributed by atoms with Crippen LogP contribution >= 0.6 is 0 Å². The van der Waals surface area contributed by atoms with Gasteiger partial charge in [-0.1, -0.05) is 80.9 Å². The van der Waals surface area contributed by atoms with Crippen LogP contribution in [0.3, 0.4) is 0 Å². The molecule has 0 aliphatic carbocycles. The van der Waals surface area contributed by atoms with Crippen molar-refractivity contribution >= 4 is 65.9 Å². The van der Waals surface area contributed by atoms with Gasteiger partial charge in [-0.3, -0.25) is 8.80 Å². The van der Waals surface area contributed by atoms with Crippen LogP contribution < -0.4 is 0 Å². The van der Waals surface area contributed by atoms with E-state index in [9.17, 15) is 5.11 Å². The first-order valence-electron chi connectivity index (χ1n) is 21.3. The number of fused-ring (bicyclic) bond motifs is 8. The van der Waals surface area contributed by atoms with Gasteiger partial charge in [0.15, 0.2) is 5.65 Å². The molecule has 0 aliphatic heterocycles. The summed E-state index contributed by atoms with van der Waals surface area (Å²) in [6, 6.07) is 45.0. The Morgan fingerprint density at radius 3 is 2.18 bits per heavy atom. The molecule has 0 spiro atoms. The van der Waals surface area contributed by atoms with Gasteiger partial charge in [0.2, 0.25) is 0 Å². The predicted molar refractivity (Wildman–Crippen MR) is 226 cm³/mol. The maximum atomic E-state index is 12.0. The molecule has 0 fully saturated rings. The molecular formula is C50H36N4OPt. The predicted octanol–water partition coefficient (Wildman–Crippen LogP) is 12.4. The smallest absolute Gasteiger partial charge is 0.507 e. The van der Waals surface area contributed by atoms with Crippen molar-refractivity contribution in [3.8, 4) is 39.1 Å². The Labute approximate surface area is 346 Å². The first-order chi connectivity index (χ1) is 29.1. The van der Waals surface area contributed by atoms with Gasteiger partial charge < -0.3 is 5.11 Å². The van der Waals surface area contributed by atoms with Gasteiger partial charge in [0, 0.05) is 24.6 Å². The summed E-state index contributed by atoms with van der Waals surface area (Å²) in [6.07, 6.45) is 0. The van der Waals surface area contributed by atoms with Crippen LogP contribution in [-0.4, -0.2) is 23.9 Å². The zero-order valence-electron chi connectivity index (χ0n) is 36.6. The fraction of sp³-hybridized carbons (Fsp3) is 0.120. The average molecular weight is 910 g/mol. The number of nitrogens with zero attached hydrogens (tertiary/aromatic N) is 4. The summed E-state index contributed by atoms with van der Waals surface area (Å²) in [6.45, 7) is 1.32. The molecule has 0 amide bonds. The molecule has 4 aromatic heterocycles.